The third kappa shape index (κ3) is 8.36. The van der Waals surface area contributed by atoms with Crippen molar-refractivity contribution < 1.29 is 29.0 Å². The molecule has 1 aromatic heterocycles. The lowest BCUT2D eigenvalue weighted by Gasteiger charge is -2.23. The molecule has 3 aliphatic heterocycles. The number of likely N-dealkylation sites (tertiary alicyclic amines) is 1. The van der Waals surface area contributed by atoms with E-state index in [4.69, 9.17) is 14.6 Å². The van der Waals surface area contributed by atoms with Crippen LogP contribution in [-0.4, -0.2) is 87.5 Å². The van der Waals surface area contributed by atoms with Gasteiger partial charge in [0.25, 0.3) is 12.4 Å². The summed E-state index contributed by atoms with van der Waals surface area (Å²) in [7, 11) is 1.85. The molecule has 6 bridgehead atoms. The van der Waals surface area contributed by atoms with Crippen molar-refractivity contribution in [2.24, 2.45) is 0 Å². The quantitative estimate of drug-likeness (QED) is 0.319. The highest BCUT2D eigenvalue weighted by atomic mass is 16.5. The highest BCUT2D eigenvalue weighted by molar-refractivity contribution is 5.95. The predicted octanol–water partition coefficient (Wildman–Crippen LogP) is 0.608. The number of aryl methyl sites for hydroxylation is 1. The zero-order valence-corrected chi connectivity index (χ0v) is 23.3. The molecule has 13 heteroatoms. The molecule has 3 amide bonds. The van der Waals surface area contributed by atoms with Crippen LogP contribution in [0.4, 0.5) is 0 Å². The highest BCUT2D eigenvalue weighted by Crippen LogP contribution is 2.18. The van der Waals surface area contributed by atoms with Crippen LogP contribution in [0.3, 0.4) is 0 Å². The van der Waals surface area contributed by atoms with E-state index in [0.29, 0.717) is 56.0 Å². The molecule has 3 atom stereocenters. The number of hydrogen-bond donors (Lipinski definition) is 4. The van der Waals surface area contributed by atoms with E-state index in [0.717, 1.165) is 5.56 Å². The van der Waals surface area contributed by atoms with Gasteiger partial charge in [-0.15, -0.1) is 5.10 Å². The van der Waals surface area contributed by atoms with E-state index in [1.54, 1.807) is 35.1 Å². The van der Waals surface area contributed by atoms with Crippen molar-refractivity contribution in [3.63, 3.8) is 0 Å². The van der Waals surface area contributed by atoms with Crippen LogP contribution in [0.5, 0.6) is 5.75 Å². The number of carbonyl (C=O) groups excluding carboxylic acids is 3. The maximum Gasteiger partial charge on any atom is 0.290 e. The van der Waals surface area contributed by atoms with Crippen molar-refractivity contribution in [1.29, 1.82) is 0 Å². The van der Waals surface area contributed by atoms with Gasteiger partial charge in [-0.3, -0.25) is 28.8 Å². The van der Waals surface area contributed by atoms with Gasteiger partial charge in [0, 0.05) is 37.5 Å². The fourth-order valence-electron chi connectivity index (χ4n) is 4.96. The minimum atomic E-state index is -0.773. The van der Waals surface area contributed by atoms with Crippen LogP contribution >= 0.6 is 0 Å². The average Bonchev–Trinajstić information content (AvgIpc) is 3.60. The molecule has 1 fully saturated rings. The Bertz CT molecular complexity index is 1350. The Morgan fingerprint density at radius 2 is 1.79 bits per heavy atom. The number of nitrogens with one attached hydrogen (secondary N) is 3. The number of nitrogens with zero attached hydrogens (tertiary/aromatic N) is 4. The number of carbonyl (C=O) groups is 4. The fourth-order valence-corrected chi connectivity index (χ4v) is 4.96. The molecule has 0 aliphatic carbocycles. The molecule has 0 spiro atoms. The van der Waals surface area contributed by atoms with Crippen molar-refractivity contribution in [3.05, 3.63) is 77.6 Å². The molecule has 13 nitrogen and oxygen atoms in total. The number of ether oxygens (including phenoxy) is 1. The summed E-state index contributed by atoms with van der Waals surface area (Å²) < 4.78 is 7.51. The lowest BCUT2D eigenvalue weighted by atomic mass is 10.0. The largest absolute Gasteiger partial charge is 0.494 e. The number of benzene rings is 2. The van der Waals surface area contributed by atoms with E-state index in [1.807, 2.05) is 42.3 Å². The maximum absolute atomic E-state index is 13.4. The second-order valence-electron chi connectivity index (χ2n) is 10.1. The number of likely N-dealkylation sites (N-methyl/N-ethyl adjacent to an activating group) is 1. The van der Waals surface area contributed by atoms with E-state index in [-0.39, 0.29) is 36.8 Å². The van der Waals surface area contributed by atoms with Crippen LogP contribution in [0.15, 0.2) is 60.8 Å². The van der Waals surface area contributed by atoms with Crippen molar-refractivity contribution in [2.75, 3.05) is 20.2 Å². The van der Waals surface area contributed by atoms with Crippen LogP contribution in [0.2, 0.25) is 0 Å². The van der Waals surface area contributed by atoms with Gasteiger partial charge < -0.3 is 25.8 Å². The number of rotatable bonds is 2. The number of carboxylic acid groups (broad SMARTS) is 1. The Hall–Kier alpha value is -4.78. The smallest absolute Gasteiger partial charge is 0.290 e. The Labute approximate surface area is 243 Å². The Balaban J connectivity index is 0.00000129. The van der Waals surface area contributed by atoms with Gasteiger partial charge in [-0.2, -0.15) is 0 Å². The second-order valence-corrected chi connectivity index (χ2v) is 10.1. The highest BCUT2D eigenvalue weighted by Gasteiger charge is 2.37. The zero-order chi connectivity index (χ0) is 29.9. The molecule has 0 radical (unpaired) electrons. The third-order valence-electron chi connectivity index (χ3n) is 7.05. The van der Waals surface area contributed by atoms with Crippen LogP contribution < -0.4 is 20.7 Å². The minimum absolute atomic E-state index is 0.195. The van der Waals surface area contributed by atoms with Crippen LogP contribution in [0.1, 0.15) is 34.5 Å². The normalized spacial score (nSPS) is 21.7. The van der Waals surface area contributed by atoms with Crippen molar-refractivity contribution >= 4 is 24.2 Å². The first kappa shape index (κ1) is 30.2. The summed E-state index contributed by atoms with van der Waals surface area (Å²) in [5.74, 6) is -0.0738. The van der Waals surface area contributed by atoms with E-state index >= 15 is 0 Å². The molecule has 4 heterocycles. The summed E-state index contributed by atoms with van der Waals surface area (Å²) in [5, 5.41) is 24.1. The van der Waals surface area contributed by atoms with Gasteiger partial charge >= 0.3 is 0 Å². The molecular weight excluding hydrogens is 542 g/mol. The lowest BCUT2D eigenvalue weighted by molar-refractivity contribution is -0.131. The molecule has 1 saturated heterocycles. The van der Waals surface area contributed by atoms with Crippen LogP contribution in [-0.2, 0) is 33.9 Å². The van der Waals surface area contributed by atoms with Crippen molar-refractivity contribution in [3.8, 4) is 5.75 Å². The minimum Gasteiger partial charge on any atom is -0.494 e. The van der Waals surface area contributed by atoms with Crippen LogP contribution in [0, 0.1) is 0 Å². The number of amides is 3. The zero-order valence-electron chi connectivity index (χ0n) is 23.3. The maximum atomic E-state index is 13.4. The summed E-state index contributed by atoms with van der Waals surface area (Å²) in [6.07, 6.45) is 3.28. The molecule has 3 aliphatic rings. The first-order chi connectivity index (χ1) is 20.4. The monoisotopic (exact) mass is 577 g/mol. The molecular formula is C29H35N7O6. The summed E-state index contributed by atoms with van der Waals surface area (Å²) in [6, 6.07) is 15.1. The molecule has 3 aromatic rings. The summed E-state index contributed by atoms with van der Waals surface area (Å²) in [4.78, 5) is 49.7. The molecule has 0 saturated carbocycles. The number of aromatic nitrogens is 3. The number of hydrogen-bond acceptors (Lipinski definition) is 8. The molecule has 0 unspecified atom stereocenters. The van der Waals surface area contributed by atoms with Gasteiger partial charge in [0.2, 0.25) is 11.8 Å². The number of fused-ring (bicyclic) bond motifs is 11. The molecule has 6 rings (SSSR count). The van der Waals surface area contributed by atoms with Gasteiger partial charge in [-0.05, 0) is 43.3 Å². The van der Waals surface area contributed by atoms with E-state index < -0.39 is 12.1 Å². The predicted molar refractivity (Wildman–Crippen MR) is 151 cm³/mol. The third-order valence-corrected chi connectivity index (χ3v) is 7.05. The molecule has 222 valence electrons. The van der Waals surface area contributed by atoms with Gasteiger partial charge in [0.15, 0.2) is 0 Å². The lowest BCUT2D eigenvalue weighted by Crippen LogP contribution is -2.52. The fraction of sp³-hybridized carbons (Fsp3) is 0.379. The summed E-state index contributed by atoms with van der Waals surface area (Å²) in [6.45, 7) is 1.55. The first-order valence-electron chi connectivity index (χ1n) is 13.7. The van der Waals surface area contributed by atoms with Crippen LogP contribution in [0.25, 0.3) is 0 Å². The molecule has 4 N–H and O–H groups in total. The Kier molecular flexibility index (Phi) is 10.6. The molecule has 42 heavy (non-hydrogen) atoms. The Morgan fingerprint density at radius 1 is 1.05 bits per heavy atom. The van der Waals surface area contributed by atoms with E-state index in [1.165, 1.54) is 0 Å². The van der Waals surface area contributed by atoms with E-state index in [9.17, 15) is 14.4 Å². The summed E-state index contributed by atoms with van der Waals surface area (Å²) in [5.41, 5.74) is 2.08. The van der Waals surface area contributed by atoms with Gasteiger partial charge in [-0.25, -0.2) is 0 Å². The van der Waals surface area contributed by atoms with Gasteiger partial charge in [-0.1, -0.05) is 35.5 Å². The van der Waals surface area contributed by atoms with Crippen molar-refractivity contribution in [1.82, 2.24) is 35.8 Å². The van der Waals surface area contributed by atoms with Crippen molar-refractivity contribution in [2.45, 2.75) is 50.5 Å². The summed E-state index contributed by atoms with van der Waals surface area (Å²) >= 11 is 0. The SMILES string of the molecule is CN1C[C@@H]2C[C@H]1C(=O)N[C@H](Cc1ccccc1)C(=O)NCc1cn(nn1)CCCOc1ccc(cc1)C(=O)N2.O=CO. The van der Waals surface area contributed by atoms with Gasteiger partial charge in [0.05, 0.1) is 25.4 Å². The first-order valence-corrected chi connectivity index (χ1v) is 13.7. The Morgan fingerprint density at radius 3 is 2.52 bits per heavy atom. The standard InChI is InChI=1S/C28H33N7O4.CH2O2/c1-34-17-21-15-25(34)28(38)31-24(14-19-6-3-2-4-7-19)27(37)29-16-22-18-35(33-32-22)12-5-13-39-23-10-8-20(9-11-23)26(36)30-21;2-1-3/h2-4,6-11,18,21,24-25H,5,12-17H2,1H3,(H,29,37)(H,30,36)(H,31,38);1H,(H,2,3)/t21-,24+,25-;/m0./s1. The van der Waals surface area contributed by atoms with E-state index in [2.05, 4.69) is 26.3 Å². The second kappa shape index (κ2) is 14.7. The molecule has 2 aromatic carbocycles. The topological polar surface area (TPSA) is 168 Å². The van der Waals surface area contributed by atoms with Gasteiger partial charge in [0.1, 0.15) is 17.5 Å². The average molecular weight is 578 g/mol.